The van der Waals surface area contributed by atoms with Crippen molar-refractivity contribution in [2.45, 2.75) is 13.3 Å². The lowest BCUT2D eigenvalue weighted by atomic mass is 10.1. The van der Waals surface area contributed by atoms with Crippen molar-refractivity contribution in [3.63, 3.8) is 0 Å². The molecule has 0 aliphatic heterocycles. The first-order valence-electron chi connectivity index (χ1n) is 7.19. The zero-order chi connectivity index (χ0) is 17.0. The number of nitrogens with zero attached hydrogens (tertiary/aromatic N) is 2. The van der Waals surface area contributed by atoms with Crippen LogP contribution in [0.3, 0.4) is 0 Å². The van der Waals surface area contributed by atoms with Gasteiger partial charge in [0.05, 0.1) is 14.2 Å². The molecule has 7 nitrogen and oxygen atoms in total. The number of rotatable bonds is 6. The number of benzene rings is 1. The Morgan fingerprint density at radius 1 is 1.26 bits per heavy atom. The third-order valence-corrected chi connectivity index (χ3v) is 3.59. The monoisotopic (exact) mass is 319 g/mol. The lowest BCUT2D eigenvalue weighted by molar-refractivity contribution is 0.0948. The fourth-order valence-corrected chi connectivity index (χ4v) is 2.17. The zero-order valence-electron chi connectivity index (χ0n) is 13.7. The fourth-order valence-electron chi connectivity index (χ4n) is 2.17. The number of phenolic OH excluding ortho intramolecular Hbond substituents is 1. The van der Waals surface area contributed by atoms with Crippen molar-refractivity contribution in [3.8, 4) is 17.2 Å². The van der Waals surface area contributed by atoms with Crippen LogP contribution >= 0.6 is 0 Å². The molecular weight excluding hydrogens is 298 g/mol. The molecule has 2 aromatic rings. The van der Waals surface area contributed by atoms with Crippen LogP contribution < -0.4 is 14.8 Å². The second-order valence-corrected chi connectivity index (χ2v) is 5.15. The van der Waals surface area contributed by atoms with Gasteiger partial charge in [-0.3, -0.25) is 9.48 Å². The summed E-state index contributed by atoms with van der Waals surface area (Å²) in [4.78, 5) is 12.0. The predicted molar refractivity (Wildman–Crippen MR) is 85.2 cm³/mol. The third kappa shape index (κ3) is 3.74. The minimum atomic E-state index is -0.216. The number of hydrogen-bond donors (Lipinski definition) is 2. The van der Waals surface area contributed by atoms with Crippen LogP contribution in [0.25, 0.3) is 0 Å². The number of aromatic hydroxyl groups is 1. The number of ether oxygens (including phenoxy) is 2. The van der Waals surface area contributed by atoms with Crippen LogP contribution in [0.5, 0.6) is 17.2 Å². The van der Waals surface area contributed by atoms with Gasteiger partial charge in [-0.1, -0.05) is 0 Å². The maximum absolute atomic E-state index is 12.0. The van der Waals surface area contributed by atoms with Gasteiger partial charge in [0.1, 0.15) is 5.69 Å². The number of carbonyl (C=O) groups is 1. The first-order valence-corrected chi connectivity index (χ1v) is 7.19. The summed E-state index contributed by atoms with van der Waals surface area (Å²) < 4.78 is 11.9. The molecule has 0 atom stereocenters. The molecule has 0 radical (unpaired) electrons. The van der Waals surface area contributed by atoms with E-state index in [9.17, 15) is 9.90 Å². The van der Waals surface area contributed by atoms with Gasteiger partial charge in [-0.2, -0.15) is 5.10 Å². The van der Waals surface area contributed by atoms with Crippen LogP contribution in [0.1, 0.15) is 21.7 Å². The van der Waals surface area contributed by atoms with Crippen molar-refractivity contribution in [2.24, 2.45) is 7.05 Å². The highest BCUT2D eigenvalue weighted by Crippen LogP contribution is 2.37. The summed E-state index contributed by atoms with van der Waals surface area (Å²) >= 11 is 0. The summed E-state index contributed by atoms with van der Waals surface area (Å²) in [5.74, 6) is 0.426. The zero-order valence-corrected chi connectivity index (χ0v) is 13.7. The number of carbonyl (C=O) groups excluding carboxylic acids is 1. The molecule has 1 amide bonds. The van der Waals surface area contributed by atoms with Gasteiger partial charge in [-0.25, -0.2) is 0 Å². The topological polar surface area (TPSA) is 85.6 Å². The number of amides is 1. The first-order chi connectivity index (χ1) is 11.0. The molecule has 1 heterocycles. The van der Waals surface area contributed by atoms with Crippen LogP contribution in [-0.4, -0.2) is 41.6 Å². The van der Waals surface area contributed by atoms with Gasteiger partial charge in [-0.05, 0) is 37.1 Å². The Kier molecular flexibility index (Phi) is 5.10. The van der Waals surface area contributed by atoms with E-state index in [1.165, 1.54) is 14.2 Å². The average Bonchev–Trinajstić information content (AvgIpc) is 2.88. The SMILES string of the molecule is COc1cc(CCNC(=O)c2cc(C)n(C)n2)cc(OC)c1O. The Bertz CT molecular complexity index is 665. The number of nitrogens with one attached hydrogen (secondary N) is 1. The molecule has 0 spiro atoms. The van der Waals surface area contributed by atoms with E-state index in [-0.39, 0.29) is 11.7 Å². The van der Waals surface area contributed by atoms with E-state index in [2.05, 4.69) is 10.4 Å². The molecule has 0 saturated heterocycles. The molecule has 0 aliphatic rings. The van der Waals surface area contributed by atoms with Crippen molar-refractivity contribution in [3.05, 3.63) is 35.2 Å². The second kappa shape index (κ2) is 7.04. The molecule has 2 N–H and O–H groups in total. The van der Waals surface area contributed by atoms with Crippen LogP contribution in [-0.2, 0) is 13.5 Å². The standard InChI is InChI=1S/C16H21N3O4/c1-10-7-12(18-19(10)2)16(21)17-6-5-11-8-13(22-3)15(20)14(9-11)23-4/h7-9,20H,5-6H2,1-4H3,(H,17,21). The van der Waals surface area contributed by atoms with Crippen molar-refractivity contribution >= 4 is 5.91 Å². The number of phenols is 1. The molecule has 0 fully saturated rings. The molecule has 7 heteroatoms. The van der Waals surface area contributed by atoms with E-state index in [1.54, 1.807) is 29.9 Å². The Morgan fingerprint density at radius 3 is 2.35 bits per heavy atom. The minimum Gasteiger partial charge on any atom is -0.502 e. The van der Waals surface area contributed by atoms with Crippen molar-refractivity contribution in [1.29, 1.82) is 0 Å². The highest BCUT2D eigenvalue weighted by Gasteiger charge is 2.13. The van der Waals surface area contributed by atoms with E-state index in [0.717, 1.165) is 11.3 Å². The Hall–Kier alpha value is -2.70. The van der Waals surface area contributed by atoms with Gasteiger partial charge < -0.3 is 19.9 Å². The highest BCUT2D eigenvalue weighted by atomic mass is 16.5. The van der Waals surface area contributed by atoms with Crippen LogP contribution in [0.4, 0.5) is 0 Å². The van der Waals surface area contributed by atoms with Crippen molar-refractivity contribution in [2.75, 3.05) is 20.8 Å². The van der Waals surface area contributed by atoms with E-state index in [0.29, 0.717) is 30.2 Å². The Labute approximate surface area is 134 Å². The van der Waals surface area contributed by atoms with Crippen molar-refractivity contribution in [1.82, 2.24) is 15.1 Å². The second-order valence-electron chi connectivity index (χ2n) is 5.15. The summed E-state index contributed by atoms with van der Waals surface area (Å²) in [5.41, 5.74) is 2.20. The van der Waals surface area contributed by atoms with Crippen LogP contribution in [0, 0.1) is 6.92 Å². The highest BCUT2D eigenvalue weighted by molar-refractivity contribution is 5.92. The molecule has 23 heavy (non-hydrogen) atoms. The summed E-state index contributed by atoms with van der Waals surface area (Å²) in [6.07, 6.45) is 0.574. The Morgan fingerprint density at radius 2 is 1.87 bits per heavy atom. The van der Waals surface area contributed by atoms with Crippen LogP contribution in [0.2, 0.25) is 0 Å². The largest absolute Gasteiger partial charge is 0.502 e. The van der Waals surface area contributed by atoms with Crippen molar-refractivity contribution < 1.29 is 19.4 Å². The molecule has 1 aromatic carbocycles. The smallest absolute Gasteiger partial charge is 0.271 e. The molecule has 0 aliphatic carbocycles. The summed E-state index contributed by atoms with van der Waals surface area (Å²) in [5, 5.41) is 16.8. The van der Waals surface area contributed by atoms with Gasteiger partial charge in [0.25, 0.3) is 5.91 Å². The van der Waals surface area contributed by atoms with Gasteiger partial charge in [0.15, 0.2) is 11.5 Å². The Balaban J connectivity index is 1.99. The minimum absolute atomic E-state index is 0.0354. The maximum Gasteiger partial charge on any atom is 0.271 e. The van der Waals surface area contributed by atoms with Gasteiger partial charge in [0, 0.05) is 19.3 Å². The van der Waals surface area contributed by atoms with Gasteiger partial charge >= 0.3 is 0 Å². The van der Waals surface area contributed by atoms with Crippen LogP contribution in [0.15, 0.2) is 18.2 Å². The molecule has 2 rings (SSSR count). The number of hydrogen-bond acceptors (Lipinski definition) is 5. The average molecular weight is 319 g/mol. The quantitative estimate of drug-likeness (QED) is 0.841. The fraction of sp³-hybridized carbons (Fsp3) is 0.375. The number of methoxy groups -OCH3 is 2. The molecule has 0 unspecified atom stereocenters. The third-order valence-electron chi connectivity index (χ3n) is 3.59. The molecule has 1 aromatic heterocycles. The van der Waals surface area contributed by atoms with Gasteiger partial charge in [0.2, 0.25) is 5.75 Å². The maximum atomic E-state index is 12.0. The number of aromatic nitrogens is 2. The number of aryl methyl sites for hydroxylation is 2. The lowest BCUT2D eigenvalue weighted by Crippen LogP contribution is -2.26. The molecule has 0 bridgehead atoms. The van der Waals surface area contributed by atoms with Gasteiger partial charge in [-0.15, -0.1) is 0 Å². The lowest BCUT2D eigenvalue weighted by Gasteiger charge is -2.11. The van der Waals surface area contributed by atoms with E-state index < -0.39 is 0 Å². The predicted octanol–water partition coefficient (Wildman–Crippen LogP) is 1.42. The normalized spacial score (nSPS) is 10.4. The molecule has 124 valence electrons. The summed E-state index contributed by atoms with van der Waals surface area (Å²) in [7, 11) is 4.74. The first kappa shape index (κ1) is 16.7. The summed E-state index contributed by atoms with van der Waals surface area (Å²) in [6.45, 7) is 2.32. The van der Waals surface area contributed by atoms with E-state index >= 15 is 0 Å². The molecular formula is C16H21N3O4. The van der Waals surface area contributed by atoms with E-state index in [1.807, 2.05) is 6.92 Å². The molecule has 0 saturated carbocycles. The summed E-state index contributed by atoms with van der Waals surface area (Å²) in [6, 6.07) is 5.17. The van der Waals surface area contributed by atoms with E-state index in [4.69, 9.17) is 9.47 Å².